The molecular weight excluding hydrogens is 464 g/mol. The average molecular weight is 485 g/mol. The van der Waals surface area contributed by atoms with E-state index in [0.29, 0.717) is 10.8 Å². The van der Waals surface area contributed by atoms with Gasteiger partial charge in [-0.1, -0.05) is 47.1 Å². The third-order valence-corrected chi connectivity index (χ3v) is 5.64. The fourth-order valence-electron chi connectivity index (χ4n) is 2.74. The molecule has 0 N–H and O–H groups in total. The summed E-state index contributed by atoms with van der Waals surface area (Å²) in [5.41, 5.74) is 3.44. The Balaban J connectivity index is 1.64. The first kappa shape index (κ1) is 21.9. The molecule has 0 unspecified atom stereocenters. The van der Waals surface area contributed by atoms with Gasteiger partial charge in [-0.25, -0.2) is 9.78 Å². The van der Waals surface area contributed by atoms with E-state index >= 15 is 0 Å². The highest BCUT2D eigenvalue weighted by molar-refractivity contribution is 9.10. The Bertz CT molecular complexity index is 1060. The smallest absolute Gasteiger partial charge is 0.331 e. The number of halogens is 1. The van der Waals surface area contributed by atoms with E-state index in [1.54, 1.807) is 16.4 Å². The third kappa shape index (κ3) is 5.87. The molecule has 1 amide bonds. The molecule has 0 radical (unpaired) electrons. The lowest BCUT2D eigenvalue weighted by Gasteiger charge is -2.18. The third-order valence-electron chi connectivity index (χ3n) is 4.27. The summed E-state index contributed by atoms with van der Waals surface area (Å²) in [6.07, 6.45) is 4.01. The fraction of sp³-hybridized carbons (Fsp3) is 0.174. The maximum atomic E-state index is 12.2. The number of ether oxygens (including phenoxy) is 1. The Morgan fingerprint density at radius 2 is 1.97 bits per heavy atom. The van der Waals surface area contributed by atoms with E-state index in [-0.39, 0.29) is 12.5 Å². The molecule has 1 aromatic heterocycles. The number of rotatable bonds is 7. The lowest BCUT2D eigenvalue weighted by molar-refractivity contribution is -0.139. The lowest BCUT2D eigenvalue weighted by atomic mass is 10.1. The van der Waals surface area contributed by atoms with Crippen LogP contribution in [0.15, 0.2) is 64.5 Å². The molecule has 0 atom stereocenters. The topological polar surface area (TPSA) is 59.5 Å². The molecule has 154 valence electrons. The van der Waals surface area contributed by atoms with Gasteiger partial charge in [0.25, 0.3) is 0 Å². The van der Waals surface area contributed by atoms with Gasteiger partial charge in [0.2, 0.25) is 5.91 Å². The van der Waals surface area contributed by atoms with E-state index in [1.165, 1.54) is 29.9 Å². The van der Waals surface area contributed by atoms with Gasteiger partial charge < -0.3 is 4.74 Å². The van der Waals surface area contributed by atoms with Crippen molar-refractivity contribution >= 4 is 56.0 Å². The van der Waals surface area contributed by atoms with Crippen LogP contribution in [0.2, 0.25) is 0 Å². The number of hydrogen-bond acceptors (Lipinski definition) is 5. The van der Waals surface area contributed by atoms with Crippen LogP contribution in [0.25, 0.3) is 6.08 Å². The van der Waals surface area contributed by atoms with Crippen LogP contribution in [0.3, 0.4) is 0 Å². The summed E-state index contributed by atoms with van der Waals surface area (Å²) in [6.45, 7) is 3.63. The van der Waals surface area contributed by atoms with Gasteiger partial charge in [0, 0.05) is 22.9 Å². The van der Waals surface area contributed by atoms with Crippen LogP contribution in [-0.2, 0) is 27.4 Å². The zero-order chi connectivity index (χ0) is 21.5. The zero-order valence-electron chi connectivity index (χ0n) is 16.7. The molecule has 0 fully saturated rings. The number of aromatic nitrogens is 1. The van der Waals surface area contributed by atoms with E-state index in [0.717, 1.165) is 22.1 Å². The number of aryl methyl sites for hydroxylation is 1. The van der Waals surface area contributed by atoms with Crippen molar-refractivity contribution < 1.29 is 14.3 Å². The summed E-state index contributed by atoms with van der Waals surface area (Å²) >= 11 is 4.73. The van der Waals surface area contributed by atoms with Gasteiger partial charge in [-0.15, -0.1) is 11.3 Å². The number of thiazole rings is 1. The van der Waals surface area contributed by atoms with Gasteiger partial charge in [-0.05, 0) is 47.9 Å². The first-order valence-electron chi connectivity index (χ1n) is 9.40. The average Bonchev–Trinajstić information content (AvgIpc) is 3.19. The first-order chi connectivity index (χ1) is 14.5. The molecule has 2 aromatic carbocycles. The molecule has 0 aliphatic heterocycles. The largest absolute Gasteiger partial charge is 0.456 e. The van der Waals surface area contributed by atoms with E-state index in [1.807, 2.05) is 48.5 Å². The van der Waals surface area contributed by atoms with Crippen molar-refractivity contribution in [2.45, 2.75) is 26.9 Å². The van der Waals surface area contributed by atoms with Crippen molar-refractivity contribution in [1.29, 1.82) is 0 Å². The number of amides is 1. The van der Waals surface area contributed by atoms with Gasteiger partial charge in [-0.2, -0.15) is 0 Å². The second-order valence-corrected chi connectivity index (χ2v) is 8.24. The van der Waals surface area contributed by atoms with Crippen LogP contribution in [0.4, 0.5) is 10.8 Å². The van der Waals surface area contributed by atoms with E-state index in [4.69, 9.17) is 4.74 Å². The van der Waals surface area contributed by atoms with E-state index < -0.39 is 5.97 Å². The molecule has 0 saturated heterocycles. The maximum absolute atomic E-state index is 12.2. The van der Waals surface area contributed by atoms with Crippen molar-refractivity contribution in [2.75, 3.05) is 4.90 Å². The summed E-state index contributed by atoms with van der Waals surface area (Å²) in [6, 6.07) is 15.4. The molecule has 1 heterocycles. The van der Waals surface area contributed by atoms with E-state index in [2.05, 4.69) is 27.8 Å². The molecule has 5 nitrogen and oxygen atoms in total. The van der Waals surface area contributed by atoms with E-state index in [9.17, 15) is 9.59 Å². The molecule has 0 aliphatic rings. The zero-order valence-corrected chi connectivity index (χ0v) is 19.1. The summed E-state index contributed by atoms with van der Waals surface area (Å²) < 4.78 is 6.21. The molecule has 0 aliphatic carbocycles. The predicted octanol–water partition coefficient (Wildman–Crippen LogP) is 5.91. The number of benzene rings is 2. The molecule has 7 heteroatoms. The second kappa shape index (κ2) is 10.3. The Hall–Kier alpha value is -2.77. The molecular formula is C23H21BrN2O3S. The summed E-state index contributed by atoms with van der Waals surface area (Å²) in [7, 11) is 0. The number of anilines is 2. The Kier molecular flexibility index (Phi) is 7.54. The van der Waals surface area contributed by atoms with Gasteiger partial charge in [0.1, 0.15) is 6.61 Å². The normalized spacial score (nSPS) is 10.9. The molecule has 30 heavy (non-hydrogen) atoms. The Labute approximate surface area is 188 Å². The number of nitrogens with zero attached hydrogens (tertiary/aromatic N) is 2. The molecule has 0 bridgehead atoms. The minimum atomic E-state index is -0.455. The van der Waals surface area contributed by atoms with Crippen LogP contribution in [-0.4, -0.2) is 16.9 Å². The molecule has 3 rings (SSSR count). The Morgan fingerprint density at radius 3 is 2.63 bits per heavy atom. The highest BCUT2D eigenvalue weighted by Crippen LogP contribution is 2.29. The molecule has 0 saturated carbocycles. The summed E-state index contributed by atoms with van der Waals surface area (Å²) in [5.74, 6) is -0.586. The number of carbonyl (C=O) groups is 2. The van der Waals surface area contributed by atoms with Crippen molar-refractivity contribution in [2.24, 2.45) is 0 Å². The van der Waals surface area contributed by atoms with Gasteiger partial charge >= 0.3 is 5.97 Å². The lowest BCUT2D eigenvalue weighted by Crippen LogP contribution is -2.22. The van der Waals surface area contributed by atoms with Gasteiger partial charge in [0.15, 0.2) is 5.13 Å². The SMILES string of the molecule is CCc1ccc(N(C(C)=O)c2nc(COC(=O)/C=C/c3cccc(Br)c3)cs2)cc1. The maximum Gasteiger partial charge on any atom is 0.331 e. The minimum absolute atomic E-state index is 0.0404. The van der Waals surface area contributed by atoms with Crippen LogP contribution >= 0.6 is 27.3 Å². The van der Waals surface area contributed by atoms with Gasteiger partial charge in [-0.3, -0.25) is 9.69 Å². The molecule has 3 aromatic rings. The summed E-state index contributed by atoms with van der Waals surface area (Å²) in [5, 5.41) is 2.33. The van der Waals surface area contributed by atoms with Crippen LogP contribution < -0.4 is 4.90 Å². The van der Waals surface area contributed by atoms with Crippen LogP contribution in [0, 0.1) is 0 Å². The molecule has 0 spiro atoms. The van der Waals surface area contributed by atoms with Crippen LogP contribution in [0.1, 0.15) is 30.7 Å². The first-order valence-corrected chi connectivity index (χ1v) is 11.1. The summed E-state index contributed by atoms with van der Waals surface area (Å²) in [4.78, 5) is 30.2. The Morgan fingerprint density at radius 1 is 1.20 bits per heavy atom. The van der Waals surface area contributed by atoms with Crippen molar-refractivity contribution in [1.82, 2.24) is 4.98 Å². The quantitative estimate of drug-likeness (QED) is 0.309. The predicted molar refractivity (Wildman–Crippen MR) is 124 cm³/mol. The fourth-order valence-corrected chi connectivity index (χ4v) is 4.03. The van der Waals surface area contributed by atoms with Crippen molar-refractivity contribution in [3.63, 3.8) is 0 Å². The standard InChI is InChI=1S/C23H21BrN2O3S/c1-3-17-7-10-21(11-8-17)26(16(2)27)23-25-20(15-30-23)14-29-22(28)12-9-18-5-4-6-19(24)13-18/h4-13,15H,3,14H2,1-2H3/b12-9+. The van der Waals surface area contributed by atoms with Crippen molar-refractivity contribution in [3.8, 4) is 0 Å². The van der Waals surface area contributed by atoms with Gasteiger partial charge in [0.05, 0.1) is 11.4 Å². The van der Waals surface area contributed by atoms with Crippen LogP contribution in [0.5, 0.6) is 0 Å². The highest BCUT2D eigenvalue weighted by atomic mass is 79.9. The minimum Gasteiger partial charge on any atom is -0.456 e. The second-order valence-electron chi connectivity index (χ2n) is 6.49. The highest BCUT2D eigenvalue weighted by Gasteiger charge is 2.18. The van der Waals surface area contributed by atoms with Crippen molar-refractivity contribution in [3.05, 3.63) is 81.3 Å². The number of esters is 1. The number of hydrogen-bond donors (Lipinski definition) is 0. The number of carbonyl (C=O) groups excluding carboxylic acids is 2. The monoisotopic (exact) mass is 484 g/mol.